The van der Waals surface area contributed by atoms with Gasteiger partial charge in [0.2, 0.25) is 11.8 Å². The Morgan fingerprint density at radius 3 is 2.85 bits per heavy atom. The fraction of sp³-hybridized carbons (Fsp3) is 0.696. The maximum atomic E-state index is 12.4. The molecule has 4 atom stereocenters. The van der Waals surface area contributed by atoms with Crippen LogP contribution in [0.3, 0.4) is 0 Å². The van der Waals surface area contributed by atoms with Crippen molar-refractivity contribution < 1.29 is 23.8 Å². The van der Waals surface area contributed by atoms with E-state index in [1.54, 1.807) is 19.4 Å². The molecule has 10 nitrogen and oxygen atoms in total. The van der Waals surface area contributed by atoms with Gasteiger partial charge in [0.25, 0.3) is 0 Å². The van der Waals surface area contributed by atoms with Crippen molar-refractivity contribution in [3.05, 3.63) is 23.9 Å². The van der Waals surface area contributed by atoms with Crippen LogP contribution >= 0.6 is 0 Å². The average molecular weight is 462 g/mol. The van der Waals surface area contributed by atoms with Gasteiger partial charge in [0.1, 0.15) is 6.10 Å². The van der Waals surface area contributed by atoms with Gasteiger partial charge in [0.15, 0.2) is 0 Å². The van der Waals surface area contributed by atoms with Gasteiger partial charge in [0.05, 0.1) is 19.7 Å². The highest BCUT2D eigenvalue weighted by Crippen LogP contribution is 2.33. The Balaban J connectivity index is 1.14. The number of ether oxygens (including phenoxy) is 3. The zero-order chi connectivity index (χ0) is 23.0. The first kappa shape index (κ1) is 23.7. The minimum Gasteiger partial charge on any atom is -0.481 e. The lowest BCUT2D eigenvalue weighted by molar-refractivity contribution is -0.121. The van der Waals surface area contributed by atoms with Crippen LogP contribution in [0.2, 0.25) is 0 Å². The van der Waals surface area contributed by atoms with Crippen molar-refractivity contribution in [2.45, 2.75) is 63.3 Å². The van der Waals surface area contributed by atoms with Crippen LogP contribution in [0.1, 0.15) is 44.1 Å². The largest absolute Gasteiger partial charge is 0.481 e. The summed E-state index contributed by atoms with van der Waals surface area (Å²) in [5, 5.41) is 5.95. The standard InChI is InChI=1S/C23H35N5O5/c1-31-22-11-16(4-7-24-22)10-21(29)26-20-13-19(27-28-20)17-2-3-18(12-17)33-23(30)25-14-15-5-8-32-9-6-15/h4,7,11,15,17-20,27-28H,2-3,5-6,8-10,12-14H2,1H3,(H,25,30)(H,26,29)/t17-,18+,19?,20?/m1/s1. The summed E-state index contributed by atoms with van der Waals surface area (Å²) in [7, 11) is 1.55. The molecule has 3 aliphatic rings. The Morgan fingerprint density at radius 1 is 1.18 bits per heavy atom. The van der Waals surface area contributed by atoms with Crippen LogP contribution in [0, 0.1) is 11.8 Å². The van der Waals surface area contributed by atoms with Crippen LogP contribution in [0.15, 0.2) is 18.3 Å². The molecule has 2 unspecified atom stereocenters. The smallest absolute Gasteiger partial charge is 0.407 e. The van der Waals surface area contributed by atoms with E-state index in [9.17, 15) is 9.59 Å². The summed E-state index contributed by atoms with van der Waals surface area (Å²) in [5.41, 5.74) is 7.36. The van der Waals surface area contributed by atoms with Gasteiger partial charge in [-0.1, -0.05) is 0 Å². The first-order valence-electron chi connectivity index (χ1n) is 11.9. The summed E-state index contributed by atoms with van der Waals surface area (Å²) < 4.78 is 16.1. The molecule has 3 heterocycles. The lowest BCUT2D eigenvalue weighted by atomic mass is 9.96. The zero-order valence-corrected chi connectivity index (χ0v) is 19.2. The summed E-state index contributed by atoms with van der Waals surface area (Å²) in [4.78, 5) is 28.7. The summed E-state index contributed by atoms with van der Waals surface area (Å²) in [6.45, 7) is 2.20. The van der Waals surface area contributed by atoms with Crippen LogP contribution in [0.4, 0.5) is 4.79 Å². The van der Waals surface area contributed by atoms with E-state index in [-0.39, 0.29) is 36.7 Å². The molecule has 2 aliphatic heterocycles. The molecule has 4 N–H and O–H groups in total. The molecule has 1 aromatic heterocycles. The number of carbonyl (C=O) groups excluding carboxylic acids is 2. The highest BCUT2D eigenvalue weighted by molar-refractivity contribution is 5.78. The second-order valence-electron chi connectivity index (χ2n) is 9.17. The topological polar surface area (TPSA) is 123 Å². The number of nitrogens with zero attached hydrogens (tertiary/aromatic N) is 1. The predicted octanol–water partition coefficient (Wildman–Crippen LogP) is 1.26. The van der Waals surface area contributed by atoms with E-state index in [1.165, 1.54) is 0 Å². The predicted molar refractivity (Wildman–Crippen MR) is 120 cm³/mol. The molecule has 2 saturated heterocycles. The van der Waals surface area contributed by atoms with Crippen LogP contribution in [0.5, 0.6) is 5.88 Å². The number of rotatable bonds is 8. The molecule has 2 amide bonds. The lowest BCUT2D eigenvalue weighted by Crippen LogP contribution is -2.45. The number of amides is 2. The fourth-order valence-electron chi connectivity index (χ4n) is 4.90. The number of hydrazine groups is 1. The molecule has 1 aromatic rings. The number of aromatic nitrogens is 1. The third kappa shape index (κ3) is 7.02. The maximum Gasteiger partial charge on any atom is 0.407 e. The van der Waals surface area contributed by atoms with Crippen LogP contribution < -0.4 is 26.2 Å². The summed E-state index contributed by atoms with van der Waals surface area (Å²) in [6, 6.07) is 3.81. The molecule has 0 spiro atoms. The second-order valence-corrected chi connectivity index (χ2v) is 9.17. The molecule has 33 heavy (non-hydrogen) atoms. The number of carbonyl (C=O) groups is 2. The van der Waals surface area contributed by atoms with E-state index in [0.717, 1.165) is 57.3 Å². The molecule has 10 heteroatoms. The Labute approximate surface area is 194 Å². The van der Waals surface area contributed by atoms with Crippen molar-refractivity contribution in [2.75, 3.05) is 26.9 Å². The van der Waals surface area contributed by atoms with E-state index >= 15 is 0 Å². The number of alkyl carbamates (subject to hydrolysis) is 1. The van der Waals surface area contributed by atoms with Crippen molar-refractivity contribution >= 4 is 12.0 Å². The van der Waals surface area contributed by atoms with Gasteiger partial charge in [-0.25, -0.2) is 15.2 Å². The van der Waals surface area contributed by atoms with Gasteiger partial charge in [-0.3, -0.25) is 10.2 Å². The van der Waals surface area contributed by atoms with Gasteiger partial charge in [0, 0.05) is 38.1 Å². The third-order valence-corrected chi connectivity index (χ3v) is 6.78. The molecule has 0 radical (unpaired) electrons. The molecule has 4 rings (SSSR count). The van der Waals surface area contributed by atoms with Gasteiger partial charge < -0.3 is 24.8 Å². The highest BCUT2D eigenvalue weighted by atomic mass is 16.6. The Hall–Kier alpha value is -2.43. The molecule has 0 bridgehead atoms. The van der Waals surface area contributed by atoms with Gasteiger partial charge in [-0.15, -0.1) is 0 Å². The number of hydrogen-bond acceptors (Lipinski definition) is 8. The van der Waals surface area contributed by atoms with Crippen LogP contribution in [0.25, 0.3) is 0 Å². The van der Waals surface area contributed by atoms with Crippen molar-refractivity contribution in [1.82, 2.24) is 26.5 Å². The maximum absolute atomic E-state index is 12.4. The van der Waals surface area contributed by atoms with Crippen LogP contribution in [-0.4, -0.2) is 62.2 Å². The number of methoxy groups -OCH3 is 1. The van der Waals surface area contributed by atoms with Crippen molar-refractivity contribution in [2.24, 2.45) is 11.8 Å². The van der Waals surface area contributed by atoms with E-state index in [2.05, 4.69) is 26.5 Å². The molecule has 1 saturated carbocycles. The minimum absolute atomic E-state index is 0.0539. The van der Waals surface area contributed by atoms with E-state index in [1.807, 2.05) is 6.07 Å². The molecular weight excluding hydrogens is 426 g/mol. The Kier molecular flexibility index (Phi) is 8.35. The van der Waals surface area contributed by atoms with Crippen molar-refractivity contribution in [3.8, 4) is 5.88 Å². The van der Waals surface area contributed by atoms with Crippen molar-refractivity contribution in [1.29, 1.82) is 0 Å². The monoisotopic (exact) mass is 461 g/mol. The molecule has 182 valence electrons. The first-order valence-corrected chi connectivity index (χ1v) is 11.9. The lowest BCUT2D eigenvalue weighted by Gasteiger charge is -2.22. The Morgan fingerprint density at radius 2 is 2.03 bits per heavy atom. The van der Waals surface area contributed by atoms with E-state index < -0.39 is 0 Å². The first-order chi connectivity index (χ1) is 16.1. The number of pyridine rings is 1. The molecular formula is C23H35N5O5. The molecule has 0 aromatic carbocycles. The van der Waals surface area contributed by atoms with Gasteiger partial charge >= 0.3 is 6.09 Å². The Bertz CT molecular complexity index is 803. The highest BCUT2D eigenvalue weighted by Gasteiger charge is 2.37. The third-order valence-electron chi connectivity index (χ3n) is 6.78. The number of nitrogens with one attached hydrogen (secondary N) is 4. The van der Waals surface area contributed by atoms with Crippen molar-refractivity contribution in [3.63, 3.8) is 0 Å². The quantitative estimate of drug-likeness (QED) is 0.456. The average Bonchev–Trinajstić information content (AvgIpc) is 3.48. The van der Waals surface area contributed by atoms with Gasteiger partial charge in [-0.2, -0.15) is 0 Å². The summed E-state index contributed by atoms with van der Waals surface area (Å²) in [5.74, 6) is 1.31. The SMILES string of the molecule is COc1cc(CC(=O)NC2CC([C@@H]3CC[C@H](OC(=O)NCC4CCOCC4)C3)NN2)ccn1. The molecule has 1 aliphatic carbocycles. The van der Waals surface area contributed by atoms with E-state index in [4.69, 9.17) is 14.2 Å². The van der Waals surface area contributed by atoms with Gasteiger partial charge in [-0.05, 0) is 62.0 Å². The van der Waals surface area contributed by atoms with E-state index in [0.29, 0.717) is 24.3 Å². The fourth-order valence-corrected chi connectivity index (χ4v) is 4.90. The normalized spacial score (nSPS) is 27.8. The number of hydrogen-bond donors (Lipinski definition) is 4. The molecule has 3 fully saturated rings. The minimum atomic E-state index is -0.317. The summed E-state index contributed by atoms with van der Waals surface area (Å²) >= 11 is 0. The second kappa shape index (κ2) is 11.6. The van der Waals surface area contributed by atoms with Crippen LogP contribution in [-0.2, 0) is 20.7 Å². The zero-order valence-electron chi connectivity index (χ0n) is 19.2. The summed E-state index contributed by atoms with van der Waals surface area (Å²) in [6.07, 6.45) is 6.86.